The molecule has 0 aliphatic carbocycles. The van der Waals surface area contributed by atoms with Crippen LogP contribution in [0.5, 0.6) is 0 Å². The van der Waals surface area contributed by atoms with E-state index in [2.05, 4.69) is 15.6 Å². The van der Waals surface area contributed by atoms with Gasteiger partial charge in [0.2, 0.25) is 0 Å². The number of aromatic nitrogens is 3. The van der Waals surface area contributed by atoms with Gasteiger partial charge < -0.3 is 15.7 Å². The number of rotatable bonds is 9. The summed E-state index contributed by atoms with van der Waals surface area (Å²) in [4.78, 5) is 35.0. The van der Waals surface area contributed by atoms with Crippen molar-refractivity contribution in [2.75, 3.05) is 13.2 Å². The molecule has 4 heterocycles. The van der Waals surface area contributed by atoms with Crippen LogP contribution in [0.2, 0.25) is 0 Å². The summed E-state index contributed by atoms with van der Waals surface area (Å²) >= 11 is 1.50. The van der Waals surface area contributed by atoms with Gasteiger partial charge in [0.05, 0.1) is 18.2 Å². The molecule has 2 amide bonds. The van der Waals surface area contributed by atoms with Crippen LogP contribution < -0.4 is 10.6 Å². The van der Waals surface area contributed by atoms with Crippen LogP contribution in [0.3, 0.4) is 0 Å². The van der Waals surface area contributed by atoms with Crippen molar-refractivity contribution < 1.29 is 14.7 Å². The third-order valence-corrected chi connectivity index (χ3v) is 6.06. The second-order valence-electron chi connectivity index (χ2n) is 7.56. The minimum absolute atomic E-state index is 0.155. The van der Waals surface area contributed by atoms with Gasteiger partial charge in [0.15, 0.2) is 5.65 Å². The Labute approximate surface area is 195 Å². The molecule has 0 saturated heterocycles. The Hall–Kier alpha value is -3.56. The molecule has 3 N–H and O–H groups in total. The molecule has 0 spiro atoms. The summed E-state index contributed by atoms with van der Waals surface area (Å²) in [5.41, 5.74) is 3.45. The van der Waals surface area contributed by atoms with E-state index in [-0.39, 0.29) is 24.5 Å². The lowest BCUT2D eigenvalue weighted by molar-refractivity contribution is 0.0907. The first-order valence-electron chi connectivity index (χ1n) is 10.7. The second kappa shape index (κ2) is 10.4. The number of imidazole rings is 1. The molecule has 0 bridgehead atoms. The number of hydrogen-bond donors (Lipinski definition) is 3. The number of carbonyl (C=O) groups is 2. The molecule has 0 aromatic carbocycles. The van der Waals surface area contributed by atoms with Gasteiger partial charge in [-0.15, -0.1) is 0 Å². The Balaban J connectivity index is 1.66. The predicted octanol–water partition coefficient (Wildman–Crippen LogP) is 2.93. The number of fused-ring (bicyclic) bond motifs is 1. The normalized spacial score (nSPS) is 11.9. The lowest BCUT2D eigenvalue weighted by atomic mass is 10.1. The van der Waals surface area contributed by atoms with Crippen molar-refractivity contribution >= 4 is 28.8 Å². The molecule has 4 aromatic heterocycles. The van der Waals surface area contributed by atoms with Gasteiger partial charge in [0.1, 0.15) is 11.4 Å². The fourth-order valence-corrected chi connectivity index (χ4v) is 4.20. The molecule has 1 atom stereocenters. The number of aliphatic hydroxyl groups is 1. The first kappa shape index (κ1) is 22.6. The van der Waals surface area contributed by atoms with Gasteiger partial charge in [0, 0.05) is 36.1 Å². The van der Waals surface area contributed by atoms with E-state index < -0.39 is 0 Å². The second-order valence-corrected chi connectivity index (χ2v) is 8.34. The van der Waals surface area contributed by atoms with Gasteiger partial charge in [-0.2, -0.15) is 11.3 Å². The molecule has 33 heavy (non-hydrogen) atoms. The quantitative estimate of drug-likeness (QED) is 0.354. The maximum Gasteiger partial charge on any atom is 0.270 e. The Bertz CT molecular complexity index is 1230. The lowest BCUT2D eigenvalue weighted by Gasteiger charge is -2.14. The van der Waals surface area contributed by atoms with Gasteiger partial charge in [-0.3, -0.25) is 19.0 Å². The van der Waals surface area contributed by atoms with Crippen LogP contribution in [0, 0.1) is 0 Å². The first-order chi connectivity index (χ1) is 16.1. The van der Waals surface area contributed by atoms with Gasteiger partial charge in [-0.1, -0.05) is 13.0 Å². The van der Waals surface area contributed by atoms with Gasteiger partial charge in [-0.05, 0) is 48.1 Å². The van der Waals surface area contributed by atoms with E-state index in [0.29, 0.717) is 42.0 Å². The Morgan fingerprint density at radius 1 is 1.21 bits per heavy atom. The Kier molecular flexibility index (Phi) is 7.11. The molecule has 0 fully saturated rings. The van der Waals surface area contributed by atoms with Crippen LogP contribution >= 0.6 is 11.3 Å². The average molecular weight is 464 g/mol. The van der Waals surface area contributed by atoms with E-state index >= 15 is 0 Å². The summed E-state index contributed by atoms with van der Waals surface area (Å²) in [7, 11) is 0. The number of pyridine rings is 2. The number of thiophene rings is 1. The van der Waals surface area contributed by atoms with Crippen LogP contribution in [0.1, 0.15) is 39.8 Å². The van der Waals surface area contributed by atoms with Crippen molar-refractivity contribution in [3.05, 3.63) is 76.5 Å². The highest BCUT2D eigenvalue weighted by Crippen LogP contribution is 2.28. The fraction of sp³-hybridized carbons (Fsp3) is 0.250. The lowest BCUT2D eigenvalue weighted by Crippen LogP contribution is -2.37. The predicted molar refractivity (Wildman–Crippen MR) is 127 cm³/mol. The summed E-state index contributed by atoms with van der Waals surface area (Å²) in [5, 5.41) is 19.1. The summed E-state index contributed by atoms with van der Waals surface area (Å²) in [6, 6.07) is 8.77. The SMILES string of the molecule is CC[C@@H](CO)NC(=O)c1c(-c2ccsc2)nc2c(C(=O)NCCc3cccnc3)cccn12. The fourth-order valence-electron chi connectivity index (χ4n) is 3.55. The molecule has 4 rings (SSSR count). The summed E-state index contributed by atoms with van der Waals surface area (Å²) in [6.45, 7) is 2.19. The van der Waals surface area contributed by atoms with E-state index in [1.807, 2.05) is 35.9 Å². The van der Waals surface area contributed by atoms with Gasteiger partial charge >= 0.3 is 0 Å². The van der Waals surface area contributed by atoms with Gasteiger partial charge in [-0.25, -0.2) is 4.98 Å². The van der Waals surface area contributed by atoms with Crippen LogP contribution in [-0.4, -0.2) is 50.5 Å². The largest absolute Gasteiger partial charge is 0.394 e. The zero-order valence-electron chi connectivity index (χ0n) is 18.2. The highest BCUT2D eigenvalue weighted by molar-refractivity contribution is 7.08. The minimum atomic E-state index is -0.364. The molecule has 0 unspecified atom stereocenters. The smallest absolute Gasteiger partial charge is 0.270 e. The number of hydrogen-bond acceptors (Lipinski definition) is 6. The van der Waals surface area contributed by atoms with E-state index in [1.165, 1.54) is 11.3 Å². The van der Waals surface area contributed by atoms with Crippen molar-refractivity contribution in [1.29, 1.82) is 0 Å². The van der Waals surface area contributed by atoms with Crippen molar-refractivity contribution in [3.8, 4) is 11.3 Å². The number of aliphatic hydroxyl groups excluding tert-OH is 1. The molecule has 8 nitrogen and oxygen atoms in total. The van der Waals surface area contributed by atoms with Crippen molar-refractivity contribution in [2.45, 2.75) is 25.8 Å². The van der Waals surface area contributed by atoms with E-state index in [9.17, 15) is 14.7 Å². The summed E-state index contributed by atoms with van der Waals surface area (Å²) in [6.07, 6.45) is 6.46. The van der Waals surface area contributed by atoms with Crippen LogP contribution in [-0.2, 0) is 6.42 Å². The molecular weight excluding hydrogens is 438 g/mol. The number of amides is 2. The summed E-state index contributed by atoms with van der Waals surface area (Å²) in [5.74, 6) is -0.612. The maximum atomic E-state index is 13.2. The van der Waals surface area contributed by atoms with Crippen molar-refractivity contribution in [3.63, 3.8) is 0 Å². The average Bonchev–Trinajstić information content (AvgIpc) is 3.50. The minimum Gasteiger partial charge on any atom is -0.394 e. The molecule has 0 aliphatic heterocycles. The van der Waals surface area contributed by atoms with E-state index in [0.717, 1.165) is 11.1 Å². The Morgan fingerprint density at radius 3 is 2.79 bits per heavy atom. The monoisotopic (exact) mass is 463 g/mol. The van der Waals surface area contributed by atoms with Crippen LogP contribution in [0.4, 0.5) is 0 Å². The first-order valence-corrected chi connectivity index (χ1v) is 11.7. The third kappa shape index (κ3) is 4.94. The van der Waals surface area contributed by atoms with Crippen molar-refractivity contribution in [1.82, 2.24) is 25.0 Å². The maximum absolute atomic E-state index is 13.2. The topological polar surface area (TPSA) is 109 Å². The molecule has 170 valence electrons. The number of nitrogens with zero attached hydrogens (tertiary/aromatic N) is 3. The third-order valence-electron chi connectivity index (χ3n) is 5.37. The van der Waals surface area contributed by atoms with E-state index in [1.54, 1.807) is 35.1 Å². The zero-order chi connectivity index (χ0) is 23.2. The van der Waals surface area contributed by atoms with E-state index in [4.69, 9.17) is 4.98 Å². The summed E-state index contributed by atoms with van der Waals surface area (Å²) < 4.78 is 1.64. The Morgan fingerprint density at radius 2 is 2.09 bits per heavy atom. The van der Waals surface area contributed by atoms with Crippen LogP contribution in [0.25, 0.3) is 16.9 Å². The van der Waals surface area contributed by atoms with Crippen molar-refractivity contribution in [2.24, 2.45) is 0 Å². The molecule has 4 aromatic rings. The molecule has 0 saturated carbocycles. The zero-order valence-corrected chi connectivity index (χ0v) is 19.0. The molecular formula is C24H25N5O3S. The van der Waals surface area contributed by atoms with Crippen LogP contribution in [0.15, 0.2) is 59.7 Å². The number of nitrogens with one attached hydrogen (secondary N) is 2. The highest BCUT2D eigenvalue weighted by atomic mass is 32.1. The highest BCUT2D eigenvalue weighted by Gasteiger charge is 2.25. The number of carbonyl (C=O) groups excluding carboxylic acids is 2. The standard InChI is InChI=1S/C24H25N5O3S/c1-2-18(14-30)27-24(32)21-20(17-8-12-33-15-17)28-22-19(6-4-11-29(21)22)23(31)26-10-7-16-5-3-9-25-13-16/h3-6,8-9,11-13,15,18,30H,2,7,10,14H2,1H3,(H,26,31)(H,27,32)/t18-/m0/s1. The molecule has 0 radical (unpaired) electrons. The van der Waals surface area contributed by atoms with Gasteiger partial charge in [0.25, 0.3) is 11.8 Å². The molecule has 0 aliphatic rings. The molecule has 9 heteroatoms.